The van der Waals surface area contributed by atoms with Crippen molar-refractivity contribution in [2.75, 3.05) is 18.0 Å². The van der Waals surface area contributed by atoms with E-state index in [1.54, 1.807) is 0 Å². The average Bonchev–Trinajstić information content (AvgIpc) is 2.57. The fourth-order valence-electron chi connectivity index (χ4n) is 4.11. The molecule has 3 heteroatoms. The predicted octanol–water partition coefficient (Wildman–Crippen LogP) is 2.97. The van der Waals surface area contributed by atoms with Crippen molar-refractivity contribution >= 4 is 5.69 Å². The average molecular weight is 288 g/mol. The molecule has 3 rings (SSSR count). The SMILES string of the molecule is CC1(C)OC(C)(C)C(CN2CCCc3ccccc32)C1N. The second-order valence-corrected chi connectivity index (χ2v) is 7.62. The molecule has 2 aliphatic heterocycles. The van der Waals surface area contributed by atoms with Gasteiger partial charge < -0.3 is 15.4 Å². The van der Waals surface area contributed by atoms with Gasteiger partial charge in [0.15, 0.2) is 0 Å². The summed E-state index contributed by atoms with van der Waals surface area (Å²) in [6.45, 7) is 10.7. The topological polar surface area (TPSA) is 38.5 Å². The molecule has 1 aromatic carbocycles. The number of fused-ring (bicyclic) bond motifs is 1. The van der Waals surface area contributed by atoms with Crippen LogP contribution < -0.4 is 10.6 Å². The van der Waals surface area contributed by atoms with Crippen molar-refractivity contribution in [3.8, 4) is 0 Å². The van der Waals surface area contributed by atoms with Gasteiger partial charge in [-0.15, -0.1) is 0 Å². The molecule has 2 heterocycles. The highest BCUT2D eigenvalue weighted by atomic mass is 16.5. The molecule has 2 atom stereocenters. The maximum atomic E-state index is 6.52. The van der Waals surface area contributed by atoms with E-state index < -0.39 is 0 Å². The van der Waals surface area contributed by atoms with Gasteiger partial charge in [-0.2, -0.15) is 0 Å². The lowest BCUT2D eigenvalue weighted by Crippen LogP contribution is -2.49. The van der Waals surface area contributed by atoms with Crippen LogP contribution in [-0.4, -0.2) is 30.3 Å². The molecule has 2 N–H and O–H groups in total. The molecule has 1 fully saturated rings. The van der Waals surface area contributed by atoms with Crippen LogP contribution in [0.3, 0.4) is 0 Å². The van der Waals surface area contributed by atoms with Gasteiger partial charge in [0.2, 0.25) is 0 Å². The maximum absolute atomic E-state index is 6.52. The van der Waals surface area contributed by atoms with Crippen molar-refractivity contribution in [2.24, 2.45) is 11.7 Å². The lowest BCUT2D eigenvalue weighted by atomic mass is 9.82. The third-order valence-corrected chi connectivity index (χ3v) is 5.28. The standard InChI is InChI=1S/C18H28N2O/c1-17(2)14(16(19)18(3,4)21-17)12-20-11-7-9-13-8-5-6-10-15(13)20/h5-6,8,10,14,16H,7,9,11-12,19H2,1-4H3. The predicted molar refractivity (Wildman–Crippen MR) is 87.7 cm³/mol. The van der Waals surface area contributed by atoms with E-state index in [2.05, 4.69) is 56.9 Å². The minimum atomic E-state index is -0.247. The van der Waals surface area contributed by atoms with Gasteiger partial charge in [0.1, 0.15) is 0 Å². The van der Waals surface area contributed by atoms with Crippen LogP contribution in [0.25, 0.3) is 0 Å². The molecule has 0 saturated carbocycles. The smallest absolute Gasteiger partial charge is 0.0788 e. The Balaban J connectivity index is 1.84. The number of nitrogens with two attached hydrogens (primary N) is 1. The second-order valence-electron chi connectivity index (χ2n) is 7.62. The van der Waals surface area contributed by atoms with Crippen LogP contribution in [0.5, 0.6) is 0 Å². The van der Waals surface area contributed by atoms with Crippen molar-refractivity contribution in [3.63, 3.8) is 0 Å². The van der Waals surface area contributed by atoms with Gasteiger partial charge in [-0.1, -0.05) is 18.2 Å². The number of para-hydroxylation sites is 1. The summed E-state index contributed by atoms with van der Waals surface area (Å²) in [5, 5.41) is 0. The van der Waals surface area contributed by atoms with Gasteiger partial charge in [0.05, 0.1) is 11.2 Å². The van der Waals surface area contributed by atoms with E-state index in [0.29, 0.717) is 5.92 Å². The molecule has 0 amide bonds. The van der Waals surface area contributed by atoms with E-state index in [1.807, 2.05) is 0 Å². The Kier molecular flexibility index (Phi) is 3.53. The van der Waals surface area contributed by atoms with Crippen LogP contribution in [0, 0.1) is 5.92 Å². The third-order valence-electron chi connectivity index (χ3n) is 5.28. The molecule has 0 aromatic heterocycles. The van der Waals surface area contributed by atoms with Crippen molar-refractivity contribution in [1.29, 1.82) is 0 Å². The van der Waals surface area contributed by atoms with Crippen molar-refractivity contribution < 1.29 is 4.74 Å². The van der Waals surface area contributed by atoms with Gasteiger partial charge in [0.25, 0.3) is 0 Å². The normalized spacial score (nSPS) is 30.2. The van der Waals surface area contributed by atoms with E-state index in [9.17, 15) is 0 Å². The first kappa shape index (κ1) is 14.9. The van der Waals surface area contributed by atoms with E-state index in [0.717, 1.165) is 13.1 Å². The molecule has 2 unspecified atom stereocenters. The first-order valence-corrected chi connectivity index (χ1v) is 8.10. The molecule has 0 radical (unpaired) electrons. The fraction of sp³-hybridized carbons (Fsp3) is 0.667. The molecule has 1 saturated heterocycles. The second kappa shape index (κ2) is 4.99. The summed E-state index contributed by atoms with van der Waals surface area (Å²) in [5.41, 5.74) is 8.95. The van der Waals surface area contributed by atoms with E-state index in [-0.39, 0.29) is 17.2 Å². The van der Waals surface area contributed by atoms with Crippen LogP contribution in [0.1, 0.15) is 39.7 Å². The first-order valence-electron chi connectivity index (χ1n) is 8.10. The number of rotatable bonds is 2. The molecular weight excluding hydrogens is 260 g/mol. The summed E-state index contributed by atoms with van der Waals surface area (Å²) in [6, 6.07) is 8.84. The highest BCUT2D eigenvalue weighted by molar-refractivity contribution is 5.55. The minimum absolute atomic E-state index is 0.0709. The number of anilines is 1. The molecule has 21 heavy (non-hydrogen) atoms. The van der Waals surface area contributed by atoms with Gasteiger partial charge >= 0.3 is 0 Å². The Morgan fingerprint density at radius 3 is 2.57 bits per heavy atom. The van der Waals surface area contributed by atoms with Gasteiger partial charge in [-0.25, -0.2) is 0 Å². The van der Waals surface area contributed by atoms with Crippen LogP contribution in [-0.2, 0) is 11.2 Å². The monoisotopic (exact) mass is 288 g/mol. The maximum Gasteiger partial charge on any atom is 0.0788 e. The zero-order valence-electron chi connectivity index (χ0n) is 13.7. The van der Waals surface area contributed by atoms with E-state index in [1.165, 1.54) is 24.1 Å². The Bertz CT molecular complexity index is 524. The van der Waals surface area contributed by atoms with E-state index in [4.69, 9.17) is 10.5 Å². The molecular formula is C18H28N2O. The van der Waals surface area contributed by atoms with Gasteiger partial charge in [-0.05, 0) is 52.2 Å². The Morgan fingerprint density at radius 1 is 1.19 bits per heavy atom. The number of hydrogen-bond donors (Lipinski definition) is 1. The van der Waals surface area contributed by atoms with Crippen LogP contribution >= 0.6 is 0 Å². The van der Waals surface area contributed by atoms with Crippen LogP contribution in [0.4, 0.5) is 5.69 Å². The third kappa shape index (κ3) is 2.58. The summed E-state index contributed by atoms with van der Waals surface area (Å²) in [6.07, 6.45) is 2.42. The molecule has 116 valence electrons. The minimum Gasteiger partial charge on any atom is -0.371 e. The Morgan fingerprint density at radius 2 is 1.90 bits per heavy atom. The van der Waals surface area contributed by atoms with Gasteiger partial charge in [-0.3, -0.25) is 0 Å². The number of benzene rings is 1. The number of hydrogen-bond acceptors (Lipinski definition) is 3. The largest absolute Gasteiger partial charge is 0.371 e. The highest BCUT2D eigenvalue weighted by Crippen LogP contribution is 2.42. The van der Waals surface area contributed by atoms with Crippen LogP contribution in [0.2, 0.25) is 0 Å². The summed E-state index contributed by atoms with van der Waals surface area (Å²) in [5.74, 6) is 0.346. The summed E-state index contributed by atoms with van der Waals surface area (Å²) in [7, 11) is 0. The Hall–Kier alpha value is -1.06. The lowest BCUT2D eigenvalue weighted by Gasteiger charge is -2.37. The first-order chi connectivity index (χ1) is 9.81. The quantitative estimate of drug-likeness (QED) is 0.909. The molecule has 0 bridgehead atoms. The highest BCUT2D eigenvalue weighted by Gasteiger charge is 2.52. The van der Waals surface area contributed by atoms with E-state index >= 15 is 0 Å². The number of nitrogens with zero attached hydrogens (tertiary/aromatic N) is 1. The fourth-order valence-corrected chi connectivity index (χ4v) is 4.11. The summed E-state index contributed by atoms with van der Waals surface area (Å²) in [4.78, 5) is 2.51. The van der Waals surface area contributed by atoms with Crippen molar-refractivity contribution in [1.82, 2.24) is 0 Å². The summed E-state index contributed by atoms with van der Waals surface area (Å²) < 4.78 is 6.24. The van der Waals surface area contributed by atoms with Crippen LogP contribution in [0.15, 0.2) is 24.3 Å². The lowest BCUT2D eigenvalue weighted by molar-refractivity contribution is -0.0757. The van der Waals surface area contributed by atoms with Crippen molar-refractivity contribution in [3.05, 3.63) is 29.8 Å². The number of aryl methyl sites for hydroxylation is 1. The zero-order chi connectivity index (χ0) is 15.3. The molecule has 0 spiro atoms. The van der Waals surface area contributed by atoms with Gasteiger partial charge in [0, 0.05) is 30.7 Å². The molecule has 3 nitrogen and oxygen atoms in total. The molecule has 1 aromatic rings. The summed E-state index contributed by atoms with van der Waals surface area (Å²) >= 11 is 0. The zero-order valence-corrected chi connectivity index (χ0v) is 13.7. The molecule has 2 aliphatic rings. The Labute approximate surface area is 128 Å². The molecule has 0 aliphatic carbocycles. The number of ether oxygens (including phenoxy) is 1. The van der Waals surface area contributed by atoms with Crippen molar-refractivity contribution in [2.45, 2.75) is 57.8 Å².